The van der Waals surface area contributed by atoms with E-state index in [1.165, 1.54) is 12.3 Å². The van der Waals surface area contributed by atoms with Gasteiger partial charge < -0.3 is 10.4 Å². The number of hydrogen-bond donors (Lipinski definition) is 2. The van der Waals surface area contributed by atoms with Crippen molar-refractivity contribution < 1.29 is 5.11 Å². The van der Waals surface area contributed by atoms with Gasteiger partial charge in [-0.05, 0) is 44.5 Å². The summed E-state index contributed by atoms with van der Waals surface area (Å²) >= 11 is 6.17. The van der Waals surface area contributed by atoms with Crippen molar-refractivity contribution in [2.45, 2.75) is 32.4 Å². The summed E-state index contributed by atoms with van der Waals surface area (Å²) in [6.07, 6.45) is 1.89. The maximum Gasteiger partial charge on any atom is 0.328 e. The molecule has 0 saturated heterocycles. The molecule has 2 aromatic heterocycles. The zero-order chi connectivity index (χ0) is 19.8. The second-order valence-corrected chi connectivity index (χ2v) is 7.46. The Morgan fingerprint density at radius 2 is 2.07 bits per heavy atom. The third-order valence-corrected chi connectivity index (χ3v) is 4.61. The van der Waals surface area contributed by atoms with E-state index in [9.17, 15) is 9.90 Å². The van der Waals surface area contributed by atoms with Gasteiger partial charge in [0, 0.05) is 25.5 Å². The number of benzene rings is 1. The van der Waals surface area contributed by atoms with Gasteiger partial charge in [0.15, 0.2) is 0 Å². The van der Waals surface area contributed by atoms with Crippen LogP contribution in [0, 0.1) is 11.3 Å². The number of nitriles is 1. The molecule has 7 nitrogen and oxygen atoms in total. The molecule has 0 aliphatic rings. The molecule has 0 spiro atoms. The fraction of sp³-hybridized carbons (Fsp3) is 0.316. The van der Waals surface area contributed by atoms with E-state index in [4.69, 9.17) is 16.9 Å². The predicted molar refractivity (Wildman–Crippen MR) is 105 cm³/mol. The van der Waals surface area contributed by atoms with Gasteiger partial charge >= 0.3 is 5.69 Å². The van der Waals surface area contributed by atoms with Crippen LogP contribution in [0.1, 0.15) is 25.8 Å². The molecule has 0 unspecified atom stereocenters. The highest BCUT2D eigenvalue weighted by Crippen LogP contribution is 2.26. The lowest BCUT2D eigenvalue weighted by Crippen LogP contribution is -2.27. The van der Waals surface area contributed by atoms with Gasteiger partial charge in [-0.2, -0.15) is 5.26 Å². The van der Waals surface area contributed by atoms with E-state index in [-0.39, 0.29) is 5.69 Å². The summed E-state index contributed by atoms with van der Waals surface area (Å²) in [5, 5.41) is 22.3. The number of fused-ring (bicyclic) bond motifs is 1. The Hall–Kier alpha value is -2.82. The van der Waals surface area contributed by atoms with Crippen molar-refractivity contribution in [2.75, 3.05) is 5.32 Å². The number of anilines is 2. The Labute approximate surface area is 161 Å². The van der Waals surface area contributed by atoms with Crippen LogP contribution in [0.3, 0.4) is 0 Å². The Balaban J connectivity index is 1.99. The van der Waals surface area contributed by atoms with Crippen molar-refractivity contribution >= 4 is 34.1 Å². The number of aliphatic hydroxyl groups is 1. The topological polar surface area (TPSA) is 95.9 Å². The Bertz CT molecular complexity index is 1100. The molecule has 1 aromatic carbocycles. The number of nitrogens with one attached hydrogen (secondary N) is 1. The van der Waals surface area contributed by atoms with Gasteiger partial charge in [0.05, 0.1) is 27.2 Å². The van der Waals surface area contributed by atoms with Crippen LogP contribution in [0.2, 0.25) is 5.02 Å². The molecule has 0 radical (unpaired) electrons. The van der Waals surface area contributed by atoms with Crippen molar-refractivity contribution in [3.63, 3.8) is 0 Å². The number of aromatic nitrogens is 3. The number of aryl methyl sites for hydroxylation is 2. The zero-order valence-electron chi connectivity index (χ0n) is 15.3. The van der Waals surface area contributed by atoms with Gasteiger partial charge in [-0.1, -0.05) is 11.6 Å². The first-order chi connectivity index (χ1) is 12.7. The number of rotatable bonds is 5. The van der Waals surface area contributed by atoms with Gasteiger partial charge in [-0.3, -0.25) is 9.13 Å². The van der Waals surface area contributed by atoms with E-state index in [0.29, 0.717) is 35.1 Å². The van der Waals surface area contributed by atoms with Crippen molar-refractivity contribution in [3.05, 3.63) is 51.5 Å². The lowest BCUT2D eigenvalue weighted by Gasteiger charge is -2.17. The first kappa shape index (κ1) is 19.0. The summed E-state index contributed by atoms with van der Waals surface area (Å²) in [5.41, 5.74) is 1.63. The SMILES string of the molecule is Cn1c(=O)n(CCC(C)(C)O)c2cc(Nc3ncc(C#N)cc3Cl)ccc21. The average Bonchev–Trinajstić information content (AvgIpc) is 2.84. The van der Waals surface area contributed by atoms with Gasteiger partial charge in [-0.15, -0.1) is 0 Å². The van der Waals surface area contributed by atoms with Crippen LogP contribution < -0.4 is 11.0 Å². The summed E-state index contributed by atoms with van der Waals surface area (Å²) in [6.45, 7) is 3.84. The van der Waals surface area contributed by atoms with Gasteiger partial charge in [0.1, 0.15) is 11.9 Å². The molecule has 0 bridgehead atoms. The smallest absolute Gasteiger partial charge is 0.328 e. The first-order valence-corrected chi connectivity index (χ1v) is 8.82. The van der Waals surface area contributed by atoms with Crippen molar-refractivity contribution in [1.82, 2.24) is 14.1 Å². The Morgan fingerprint density at radius 1 is 1.33 bits per heavy atom. The normalized spacial score (nSPS) is 11.6. The van der Waals surface area contributed by atoms with E-state index >= 15 is 0 Å². The summed E-state index contributed by atoms with van der Waals surface area (Å²) in [7, 11) is 1.72. The maximum atomic E-state index is 12.6. The summed E-state index contributed by atoms with van der Waals surface area (Å²) in [5.74, 6) is 0.427. The van der Waals surface area contributed by atoms with Crippen LogP contribution in [-0.4, -0.2) is 24.8 Å². The predicted octanol–water partition coefficient (Wildman–Crippen LogP) is 3.16. The lowest BCUT2D eigenvalue weighted by molar-refractivity contribution is 0.0662. The van der Waals surface area contributed by atoms with E-state index in [2.05, 4.69) is 10.3 Å². The van der Waals surface area contributed by atoms with Gasteiger partial charge in [0.2, 0.25) is 0 Å². The fourth-order valence-corrected chi connectivity index (χ4v) is 3.03. The number of pyridine rings is 1. The van der Waals surface area contributed by atoms with Crippen molar-refractivity contribution in [3.8, 4) is 6.07 Å². The molecule has 3 rings (SSSR count). The molecule has 2 N–H and O–H groups in total. The summed E-state index contributed by atoms with van der Waals surface area (Å²) in [6, 6.07) is 9.05. The minimum absolute atomic E-state index is 0.138. The molecule has 27 heavy (non-hydrogen) atoms. The molecule has 3 aromatic rings. The molecule has 0 fully saturated rings. The molecular formula is C19H20ClN5O2. The molecule has 0 amide bonds. The van der Waals surface area contributed by atoms with E-state index in [0.717, 1.165) is 11.0 Å². The molecular weight excluding hydrogens is 366 g/mol. The van der Waals surface area contributed by atoms with Crippen molar-refractivity contribution in [2.24, 2.45) is 7.05 Å². The monoisotopic (exact) mass is 385 g/mol. The number of nitrogens with zero attached hydrogens (tertiary/aromatic N) is 4. The summed E-state index contributed by atoms with van der Waals surface area (Å²) in [4.78, 5) is 16.7. The van der Waals surface area contributed by atoms with Crippen LogP contribution in [0.4, 0.5) is 11.5 Å². The molecule has 2 heterocycles. The second kappa shape index (κ2) is 7.06. The highest BCUT2D eigenvalue weighted by Gasteiger charge is 2.17. The highest BCUT2D eigenvalue weighted by molar-refractivity contribution is 6.33. The quantitative estimate of drug-likeness (QED) is 0.703. The number of hydrogen-bond acceptors (Lipinski definition) is 5. The van der Waals surface area contributed by atoms with Crippen LogP contribution in [0.5, 0.6) is 0 Å². The molecule has 0 atom stereocenters. The summed E-state index contributed by atoms with van der Waals surface area (Å²) < 4.78 is 3.22. The fourth-order valence-electron chi connectivity index (χ4n) is 2.82. The average molecular weight is 386 g/mol. The third kappa shape index (κ3) is 3.97. The lowest BCUT2D eigenvalue weighted by atomic mass is 10.1. The first-order valence-electron chi connectivity index (χ1n) is 8.44. The minimum atomic E-state index is -0.864. The standard InChI is InChI=1S/C19H20ClN5O2/c1-19(2,27)6-7-25-16-9-13(4-5-15(16)24(3)18(25)26)23-17-14(20)8-12(10-21)11-22-17/h4-5,8-9,11,27H,6-7H2,1-3H3,(H,22,23). The van der Waals surface area contributed by atoms with E-state index in [1.54, 1.807) is 30.0 Å². The molecule has 0 aliphatic carbocycles. The molecule has 140 valence electrons. The molecule has 8 heteroatoms. The highest BCUT2D eigenvalue weighted by atomic mass is 35.5. The van der Waals surface area contributed by atoms with E-state index < -0.39 is 5.60 Å². The molecule has 0 saturated carbocycles. The van der Waals surface area contributed by atoms with E-state index in [1.807, 2.05) is 24.3 Å². The third-order valence-electron chi connectivity index (χ3n) is 4.33. The largest absolute Gasteiger partial charge is 0.390 e. The zero-order valence-corrected chi connectivity index (χ0v) is 16.1. The molecule has 0 aliphatic heterocycles. The Morgan fingerprint density at radius 3 is 2.70 bits per heavy atom. The van der Waals surface area contributed by atoms with Crippen molar-refractivity contribution in [1.29, 1.82) is 5.26 Å². The minimum Gasteiger partial charge on any atom is -0.390 e. The van der Waals surface area contributed by atoms with Crippen LogP contribution in [-0.2, 0) is 13.6 Å². The maximum absolute atomic E-state index is 12.6. The Kier molecular flexibility index (Phi) is 4.96. The van der Waals surface area contributed by atoms with Gasteiger partial charge in [0.25, 0.3) is 0 Å². The van der Waals surface area contributed by atoms with Crippen LogP contribution in [0.25, 0.3) is 11.0 Å². The van der Waals surface area contributed by atoms with Crippen LogP contribution >= 0.6 is 11.6 Å². The second-order valence-electron chi connectivity index (χ2n) is 7.05. The van der Waals surface area contributed by atoms with Crippen LogP contribution in [0.15, 0.2) is 35.3 Å². The number of halogens is 1. The van der Waals surface area contributed by atoms with Gasteiger partial charge in [-0.25, -0.2) is 9.78 Å². The number of imidazole rings is 1.